The number of benzene rings is 1. The van der Waals surface area contributed by atoms with Crippen molar-refractivity contribution >= 4 is 30.3 Å². The van der Waals surface area contributed by atoms with Crippen LogP contribution in [0.2, 0.25) is 0 Å². The molecule has 0 amide bonds. The molecule has 0 fully saturated rings. The summed E-state index contributed by atoms with van der Waals surface area (Å²) in [7, 11) is -2.17. The van der Waals surface area contributed by atoms with Crippen LogP contribution in [0, 0.1) is 0 Å². The number of aromatic nitrogens is 1. The fraction of sp³-hybridized carbons (Fsp3) is 0. The number of nitrogens with two attached hydrogens (primary N) is 2. The van der Waals surface area contributed by atoms with E-state index in [-0.39, 0.29) is 5.82 Å². The highest BCUT2D eigenvalue weighted by Gasteiger charge is 1.98. The monoisotopic (exact) mass is 275 g/mol. The van der Waals surface area contributed by atoms with Gasteiger partial charge in [0.15, 0.2) is 5.82 Å². The molecular formula is C11H14BN5O3. The third kappa shape index (κ3) is 5.91. The summed E-state index contributed by atoms with van der Waals surface area (Å²) in [6.07, 6.45) is 0. The van der Waals surface area contributed by atoms with Gasteiger partial charge in [-0.15, -0.1) is 5.11 Å². The highest BCUT2D eigenvalue weighted by molar-refractivity contribution is 6.30. The van der Waals surface area contributed by atoms with Crippen LogP contribution in [-0.4, -0.2) is 27.4 Å². The Hall–Kier alpha value is -2.49. The molecule has 7 N–H and O–H groups in total. The van der Waals surface area contributed by atoms with E-state index in [9.17, 15) is 0 Å². The summed E-state index contributed by atoms with van der Waals surface area (Å²) in [6.45, 7) is 0. The number of nitrogen functional groups attached to an aromatic ring is 2. The lowest BCUT2D eigenvalue weighted by Gasteiger charge is -1.98. The molecular weight excluding hydrogens is 261 g/mol. The molecule has 1 aromatic heterocycles. The molecule has 8 nitrogen and oxygen atoms in total. The maximum Gasteiger partial charge on any atom is 0.631 e. The minimum absolute atomic E-state index is 0.277. The third-order valence-corrected chi connectivity index (χ3v) is 1.95. The van der Waals surface area contributed by atoms with E-state index in [0.29, 0.717) is 11.5 Å². The van der Waals surface area contributed by atoms with Crippen LogP contribution in [0.1, 0.15) is 0 Å². The van der Waals surface area contributed by atoms with Gasteiger partial charge in [0.05, 0.1) is 5.69 Å². The Morgan fingerprint density at radius 3 is 2.05 bits per heavy atom. The standard InChI is InChI=1S/C11H11N5.BH3O3/c12-10-7-6-9(11(13)14-10)16-15-8-4-2-1-3-5-8;2-1(3)4/h1-7H,(H4,12,13,14);2-4H. The van der Waals surface area contributed by atoms with E-state index in [1.165, 1.54) is 0 Å². The van der Waals surface area contributed by atoms with Crippen LogP contribution in [0.25, 0.3) is 0 Å². The predicted octanol–water partition coefficient (Wildman–Crippen LogP) is 0.610. The molecule has 0 radical (unpaired) electrons. The minimum atomic E-state index is -2.17. The molecule has 104 valence electrons. The Kier molecular flexibility index (Phi) is 6.11. The van der Waals surface area contributed by atoms with Crippen molar-refractivity contribution in [3.63, 3.8) is 0 Å². The minimum Gasteiger partial charge on any atom is -0.402 e. The van der Waals surface area contributed by atoms with E-state index >= 15 is 0 Å². The quantitative estimate of drug-likeness (QED) is 0.400. The third-order valence-electron chi connectivity index (χ3n) is 1.95. The van der Waals surface area contributed by atoms with Gasteiger partial charge in [0.2, 0.25) is 0 Å². The largest absolute Gasteiger partial charge is 0.631 e. The summed E-state index contributed by atoms with van der Waals surface area (Å²) in [5, 5.41) is 29.5. The second-order valence-electron chi connectivity index (χ2n) is 3.52. The van der Waals surface area contributed by atoms with Crippen LogP contribution in [0.15, 0.2) is 52.7 Å². The number of hydrogen-bond acceptors (Lipinski definition) is 8. The summed E-state index contributed by atoms with van der Waals surface area (Å²) >= 11 is 0. The van der Waals surface area contributed by atoms with Gasteiger partial charge in [-0.1, -0.05) is 18.2 Å². The second kappa shape index (κ2) is 7.84. The van der Waals surface area contributed by atoms with Crippen LogP contribution >= 0.6 is 0 Å². The van der Waals surface area contributed by atoms with Crippen molar-refractivity contribution < 1.29 is 15.1 Å². The zero-order valence-electron chi connectivity index (χ0n) is 10.5. The van der Waals surface area contributed by atoms with E-state index in [0.717, 1.165) is 5.69 Å². The van der Waals surface area contributed by atoms with Gasteiger partial charge in [-0.2, -0.15) is 5.11 Å². The lowest BCUT2D eigenvalue weighted by molar-refractivity contribution is 0.278. The molecule has 0 aliphatic heterocycles. The molecule has 1 heterocycles. The van der Waals surface area contributed by atoms with Crippen molar-refractivity contribution in [1.29, 1.82) is 0 Å². The van der Waals surface area contributed by atoms with Gasteiger partial charge < -0.3 is 26.5 Å². The number of azo groups is 1. The molecule has 0 aliphatic carbocycles. The molecule has 0 saturated carbocycles. The second-order valence-corrected chi connectivity index (χ2v) is 3.52. The van der Waals surface area contributed by atoms with Crippen molar-refractivity contribution in [1.82, 2.24) is 4.98 Å². The van der Waals surface area contributed by atoms with Crippen LogP contribution in [0.4, 0.5) is 23.0 Å². The van der Waals surface area contributed by atoms with Gasteiger partial charge in [-0.25, -0.2) is 4.98 Å². The molecule has 0 bridgehead atoms. The highest BCUT2D eigenvalue weighted by Crippen LogP contribution is 2.23. The van der Waals surface area contributed by atoms with E-state index in [4.69, 9.17) is 26.5 Å². The number of rotatable bonds is 2. The van der Waals surface area contributed by atoms with Crippen molar-refractivity contribution in [2.75, 3.05) is 11.5 Å². The molecule has 0 atom stereocenters. The molecule has 20 heavy (non-hydrogen) atoms. The highest BCUT2D eigenvalue weighted by atomic mass is 16.5. The van der Waals surface area contributed by atoms with E-state index in [2.05, 4.69) is 15.2 Å². The molecule has 2 aromatic rings. The maximum atomic E-state index is 7.17. The van der Waals surface area contributed by atoms with Crippen LogP contribution in [0.5, 0.6) is 0 Å². The van der Waals surface area contributed by atoms with Gasteiger partial charge in [0.25, 0.3) is 0 Å². The molecule has 0 unspecified atom stereocenters. The first-order chi connectivity index (χ1) is 9.49. The van der Waals surface area contributed by atoms with Gasteiger partial charge in [0, 0.05) is 0 Å². The fourth-order valence-electron chi connectivity index (χ4n) is 1.17. The molecule has 1 aromatic carbocycles. The predicted molar refractivity (Wildman–Crippen MR) is 76.1 cm³/mol. The van der Waals surface area contributed by atoms with Gasteiger partial charge in [-0.05, 0) is 24.3 Å². The first-order valence-electron chi connectivity index (χ1n) is 5.52. The Balaban J connectivity index is 0.000000444. The average Bonchev–Trinajstić information content (AvgIpc) is 2.38. The summed E-state index contributed by atoms with van der Waals surface area (Å²) in [4.78, 5) is 3.89. The molecule has 9 heteroatoms. The van der Waals surface area contributed by atoms with Gasteiger partial charge in [0.1, 0.15) is 11.5 Å². The summed E-state index contributed by atoms with van der Waals surface area (Å²) < 4.78 is 0. The normalized spacial score (nSPS) is 9.95. The number of nitrogens with zero attached hydrogens (tertiary/aromatic N) is 3. The summed E-state index contributed by atoms with van der Waals surface area (Å²) in [5.41, 5.74) is 12.4. The van der Waals surface area contributed by atoms with Crippen LogP contribution in [-0.2, 0) is 0 Å². The van der Waals surface area contributed by atoms with Crippen molar-refractivity contribution in [3.05, 3.63) is 42.5 Å². The Morgan fingerprint density at radius 1 is 0.900 bits per heavy atom. The molecule has 0 saturated heterocycles. The lowest BCUT2D eigenvalue weighted by Crippen LogP contribution is -2.07. The van der Waals surface area contributed by atoms with Crippen LogP contribution in [0.3, 0.4) is 0 Å². The SMILES string of the molecule is Nc1ccc(N=Nc2ccccc2)c(N)n1.OB(O)O. The number of hydrogen-bond donors (Lipinski definition) is 5. The lowest BCUT2D eigenvalue weighted by atomic mass is 10.3. The van der Waals surface area contributed by atoms with Gasteiger partial charge >= 0.3 is 7.32 Å². The van der Waals surface area contributed by atoms with Crippen molar-refractivity contribution in [2.45, 2.75) is 0 Å². The zero-order chi connectivity index (χ0) is 15.0. The van der Waals surface area contributed by atoms with E-state index in [1.807, 2.05) is 30.3 Å². The topological polar surface area (TPSA) is 150 Å². The fourth-order valence-corrected chi connectivity index (χ4v) is 1.17. The average molecular weight is 275 g/mol. The Bertz CT molecular complexity index is 562. The van der Waals surface area contributed by atoms with Gasteiger partial charge in [-0.3, -0.25) is 0 Å². The van der Waals surface area contributed by atoms with E-state index in [1.54, 1.807) is 12.1 Å². The van der Waals surface area contributed by atoms with Crippen molar-refractivity contribution in [3.8, 4) is 0 Å². The summed E-state index contributed by atoms with van der Waals surface area (Å²) in [5.74, 6) is 0.649. The Labute approximate surface area is 115 Å². The maximum absolute atomic E-state index is 7.17. The van der Waals surface area contributed by atoms with Crippen molar-refractivity contribution in [2.24, 2.45) is 10.2 Å². The first kappa shape index (κ1) is 15.6. The first-order valence-corrected chi connectivity index (χ1v) is 5.52. The van der Waals surface area contributed by atoms with Crippen LogP contribution < -0.4 is 11.5 Å². The molecule has 2 rings (SSSR count). The summed E-state index contributed by atoms with van der Waals surface area (Å²) in [6, 6.07) is 12.7. The smallest absolute Gasteiger partial charge is 0.402 e. The zero-order valence-corrected chi connectivity index (χ0v) is 10.5. The number of pyridine rings is 1. The molecule has 0 aliphatic rings. The van der Waals surface area contributed by atoms with E-state index < -0.39 is 7.32 Å². The Morgan fingerprint density at radius 2 is 1.50 bits per heavy atom. The number of anilines is 2. The molecule has 0 spiro atoms.